The van der Waals surface area contributed by atoms with Gasteiger partial charge in [0.2, 0.25) is 5.89 Å². The SMILES string of the molecule is FCCCNCCc1ncno1. The number of rotatable bonds is 6. The van der Waals surface area contributed by atoms with Crippen LogP contribution >= 0.6 is 0 Å². The third kappa shape index (κ3) is 3.43. The summed E-state index contributed by atoms with van der Waals surface area (Å²) in [6.07, 6.45) is 2.63. The van der Waals surface area contributed by atoms with Crippen molar-refractivity contribution in [3.63, 3.8) is 0 Å². The summed E-state index contributed by atoms with van der Waals surface area (Å²) < 4.78 is 16.4. The maximum atomic E-state index is 11.6. The number of halogens is 1. The van der Waals surface area contributed by atoms with Crippen LogP contribution in [0, 0.1) is 0 Å². The lowest BCUT2D eigenvalue weighted by molar-refractivity contribution is 0.374. The van der Waals surface area contributed by atoms with Crippen LogP contribution < -0.4 is 5.32 Å². The number of nitrogens with one attached hydrogen (secondary N) is 1. The molecule has 0 saturated heterocycles. The normalized spacial score (nSPS) is 10.4. The fourth-order valence-electron chi connectivity index (χ4n) is 0.818. The molecule has 0 aromatic carbocycles. The van der Waals surface area contributed by atoms with Gasteiger partial charge in [-0.2, -0.15) is 4.98 Å². The van der Waals surface area contributed by atoms with E-state index >= 15 is 0 Å². The Balaban J connectivity index is 1.96. The second-order valence-electron chi connectivity index (χ2n) is 2.38. The zero-order valence-electron chi connectivity index (χ0n) is 6.79. The minimum Gasteiger partial charge on any atom is -0.340 e. The van der Waals surface area contributed by atoms with Crippen molar-refractivity contribution < 1.29 is 8.91 Å². The monoisotopic (exact) mass is 173 g/mol. The molecule has 0 aliphatic heterocycles. The molecule has 0 fully saturated rings. The Morgan fingerprint density at radius 1 is 1.50 bits per heavy atom. The van der Waals surface area contributed by atoms with Gasteiger partial charge in [0.1, 0.15) is 0 Å². The van der Waals surface area contributed by atoms with Crippen molar-refractivity contribution in [3.8, 4) is 0 Å². The fourth-order valence-corrected chi connectivity index (χ4v) is 0.818. The van der Waals surface area contributed by atoms with Gasteiger partial charge >= 0.3 is 0 Å². The van der Waals surface area contributed by atoms with Gasteiger partial charge in [0.25, 0.3) is 0 Å². The first kappa shape index (κ1) is 9.12. The quantitative estimate of drug-likeness (QED) is 0.639. The van der Waals surface area contributed by atoms with E-state index in [1.807, 2.05) is 0 Å². The summed E-state index contributed by atoms with van der Waals surface area (Å²) in [6.45, 7) is 1.18. The minimum absolute atomic E-state index is 0.270. The van der Waals surface area contributed by atoms with Gasteiger partial charge in [0.15, 0.2) is 6.33 Å². The van der Waals surface area contributed by atoms with Crippen LogP contribution in [0.5, 0.6) is 0 Å². The molecule has 1 aromatic rings. The van der Waals surface area contributed by atoms with Crippen LogP contribution in [0.2, 0.25) is 0 Å². The lowest BCUT2D eigenvalue weighted by Crippen LogP contribution is -2.18. The first-order valence-electron chi connectivity index (χ1n) is 3.95. The molecule has 5 heteroatoms. The third-order valence-electron chi connectivity index (χ3n) is 1.41. The summed E-state index contributed by atoms with van der Waals surface area (Å²) in [6, 6.07) is 0. The maximum Gasteiger partial charge on any atom is 0.227 e. The van der Waals surface area contributed by atoms with Crippen LogP contribution in [0.3, 0.4) is 0 Å². The van der Waals surface area contributed by atoms with Gasteiger partial charge < -0.3 is 9.84 Å². The Bertz CT molecular complexity index is 191. The van der Waals surface area contributed by atoms with Gasteiger partial charge in [-0.3, -0.25) is 4.39 Å². The highest BCUT2D eigenvalue weighted by Gasteiger charge is 1.96. The van der Waals surface area contributed by atoms with E-state index in [0.717, 1.165) is 6.54 Å². The van der Waals surface area contributed by atoms with Gasteiger partial charge in [-0.1, -0.05) is 5.16 Å². The Labute approximate surface area is 70.2 Å². The first-order valence-corrected chi connectivity index (χ1v) is 3.95. The van der Waals surface area contributed by atoms with Gasteiger partial charge in [-0.25, -0.2) is 0 Å². The van der Waals surface area contributed by atoms with E-state index in [0.29, 0.717) is 25.3 Å². The van der Waals surface area contributed by atoms with E-state index < -0.39 is 0 Å². The van der Waals surface area contributed by atoms with Crippen molar-refractivity contribution in [2.24, 2.45) is 0 Å². The summed E-state index contributed by atoms with van der Waals surface area (Å²) >= 11 is 0. The molecule has 1 N–H and O–H groups in total. The molecule has 1 heterocycles. The molecule has 12 heavy (non-hydrogen) atoms. The van der Waals surface area contributed by atoms with E-state index in [1.165, 1.54) is 6.33 Å². The third-order valence-corrected chi connectivity index (χ3v) is 1.41. The van der Waals surface area contributed by atoms with Gasteiger partial charge in [0, 0.05) is 13.0 Å². The fraction of sp³-hybridized carbons (Fsp3) is 0.714. The summed E-state index contributed by atoms with van der Waals surface area (Å²) in [5.74, 6) is 0.614. The van der Waals surface area contributed by atoms with Crippen LogP contribution in [0.25, 0.3) is 0 Å². The number of alkyl halides is 1. The average Bonchev–Trinajstić information content (AvgIpc) is 2.57. The molecule has 0 saturated carbocycles. The summed E-state index contributed by atoms with van der Waals surface area (Å²) in [5.41, 5.74) is 0. The highest BCUT2D eigenvalue weighted by Crippen LogP contribution is 1.90. The molecule has 0 aliphatic carbocycles. The van der Waals surface area contributed by atoms with Crippen LogP contribution in [0.4, 0.5) is 4.39 Å². The van der Waals surface area contributed by atoms with Crippen molar-refractivity contribution in [1.29, 1.82) is 0 Å². The van der Waals surface area contributed by atoms with Crippen LogP contribution in [0.15, 0.2) is 10.9 Å². The zero-order chi connectivity index (χ0) is 8.65. The summed E-state index contributed by atoms with van der Waals surface area (Å²) in [4.78, 5) is 3.84. The lowest BCUT2D eigenvalue weighted by atomic mass is 10.4. The number of hydrogen-bond acceptors (Lipinski definition) is 4. The number of nitrogens with zero attached hydrogens (tertiary/aromatic N) is 2. The molecule has 0 unspecified atom stereocenters. The topological polar surface area (TPSA) is 51.0 Å². The van der Waals surface area contributed by atoms with E-state index in [4.69, 9.17) is 4.52 Å². The minimum atomic E-state index is -0.270. The molecule has 0 spiro atoms. The van der Waals surface area contributed by atoms with Crippen molar-refractivity contribution in [1.82, 2.24) is 15.5 Å². The molecule has 0 amide bonds. The molecule has 0 atom stereocenters. The van der Waals surface area contributed by atoms with Crippen molar-refractivity contribution in [2.45, 2.75) is 12.8 Å². The van der Waals surface area contributed by atoms with Crippen molar-refractivity contribution >= 4 is 0 Å². The Hall–Kier alpha value is -0.970. The summed E-state index contributed by atoms with van der Waals surface area (Å²) in [7, 11) is 0. The molecular formula is C7H12FN3O. The summed E-state index contributed by atoms with van der Waals surface area (Å²) in [5, 5.41) is 6.52. The molecule has 0 aliphatic rings. The van der Waals surface area contributed by atoms with E-state index in [1.54, 1.807) is 0 Å². The smallest absolute Gasteiger partial charge is 0.227 e. The van der Waals surface area contributed by atoms with Gasteiger partial charge in [0.05, 0.1) is 6.67 Å². The zero-order valence-corrected chi connectivity index (χ0v) is 6.79. The lowest BCUT2D eigenvalue weighted by Gasteiger charge is -1.98. The van der Waals surface area contributed by atoms with Crippen molar-refractivity contribution in [3.05, 3.63) is 12.2 Å². The van der Waals surface area contributed by atoms with Crippen LogP contribution in [-0.4, -0.2) is 29.9 Å². The average molecular weight is 173 g/mol. The predicted octanol–water partition coefficient (Wildman–Crippen LogP) is 0.561. The Morgan fingerprint density at radius 3 is 3.08 bits per heavy atom. The Kier molecular flexibility index (Phi) is 4.30. The molecule has 1 aromatic heterocycles. The molecule has 0 radical (unpaired) electrons. The van der Waals surface area contributed by atoms with Gasteiger partial charge in [-0.15, -0.1) is 0 Å². The van der Waals surface area contributed by atoms with Crippen molar-refractivity contribution in [2.75, 3.05) is 19.8 Å². The highest BCUT2D eigenvalue weighted by molar-refractivity contribution is 4.74. The second-order valence-corrected chi connectivity index (χ2v) is 2.38. The van der Waals surface area contributed by atoms with E-state index in [9.17, 15) is 4.39 Å². The van der Waals surface area contributed by atoms with Crippen LogP contribution in [0.1, 0.15) is 12.3 Å². The highest BCUT2D eigenvalue weighted by atomic mass is 19.1. The predicted molar refractivity (Wildman–Crippen MR) is 41.5 cm³/mol. The molecule has 4 nitrogen and oxygen atoms in total. The van der Waals surface area contributed by atoms with Gasteiger partial charge in [-0.05, 0) is 13.0 Å². The molecule has 68 valence electrons. The maximum absolute atomic E-state index is 11.6. The number of aromatic nitrogens is 2. The molecule has 0 bridgehead atoms. The standard InChI is InChI=1S/C7H12FN3O/c8-3-1-4-9-5-2-7-10-6-11-12-7/h6,9H,1-5H2. The number of hydrogen-bond donors (Lipinski definition) is 1. The van der Waals surface area contributed by atoms with Crippen LogP contribution in [-0.2, 0) is 6.42 Å². The molecule has 1 rings (SSSR count). The Morgan fingerprint density at radius 2 is 2.42 bits per heavy atom. The van der Waals surface area contributed by atoms with E-state index in [-0.39, 0.29) is 6.67 Å². The second kappa shape index (κ2) is 5.65. The van der Waals surface area contributed by atoms with E-state index in [2.05, 4.69) is 15.5 Å². The first-order chi connectivity index (χ1) is 5.93. The molecular weight excluding hydrogens is 161 g/mol. The largest absolute Gasteiger partial charge is 0.340 e.